The van der Waals surface area contributed by atoms with Crippen molar-refractivity contribution in [1.82, 2.24) is 10.1 Å². The van der Waals surface area contributed by atoms with Crippen molar-refractivity contribution in [1.29, 1.82) is 0 Å². The Labute approximate surface area is 105 Å². The Morgan fingerprint density at radius 1 is 1.39 bits per heavy atom. The second kappa shape index (κ2) is 4.42. The topological polar surface area (TPSA) is 74.2 Å². The Kier molecular flexibility index (Phi) is 2.76. The van der Waals surface area contributed by atoms with Crippen molar-refractivity contribution in [2.24, 2.45) is 5.73 Å². The van der Waals surface area contributed by atoms with Gasteiger partial charge in [0.15, 0.2) is 5.82 Å². The summed E-state index contributed by atoms with van der Waals surface area (Å²) in [7, 11) is 0. The lowest BCUT2D eigenvalue weighted by Crippen LogP contribution is -2.15. The molecule has 0 saturated carbocycles. The van der Waals surface area contributed by atoms with Crippen LogP contribution in [-0.4, -0.2) is 16.7 Å². The molecule has 2 N–H and O–H groups in total. The molecule has 0 aliphatic carbocycles. The molecule has 0 saturated heterocycles. The average Bonchev–Trinajstić information content (AvgIpc) is 2.87. The van der Waals surface area contributed by atoms with Gasteiger partial charge in [0.25, 0.3) is 0 Å². The molecule has 3 rings (SSSR count). The van der Waals surface area contributed by atoms with Crippen molar-refractivity contribution in [3.05, 3.63) is 41.5 Å². The van der Waals surface area contributed by atoms with Gasteiger partial charge in [-0.2, -0.15) is 4.98 Å². The van der Waals surface area contributed by atoms with Gasteiger partial charge in [-0.3, -0.25) is 0 Å². The normalized spacial score (nSPS) is 20.0. The van der Waals surface area contributed by atoms with Gasteiger partial charge >= 0.3 is 0 Å². The van der Waals surface area contributed by atoms with Gasteiger partial charge in [-0.05, 0) is 19.4 Å². The third-order valence-electron chi connectivity index (χ3n) is 3.12. The van der Waals surface area contributed by atoms with E-state index in [9.17, 15) is 0 Å². The molecule has 2 heterocycles. The summed E-state index contributed by atoms with van der Waals surface area (Å²) < 4.78 is 10.9. The summed E-state index contributed by atoms with van der Waals surface area (Å²) in [5.74, 6) is 2.18. The van der Waals surface area contributed by atoms with Crippen LogP contribution in [0.3, 0.4) is 0 Å². The van der Waals surface area contributed by atoms with Gasteiger partial charge in [-0.25, -0.2) is 0 Å². The lowest BCUT2D eigenvalue weighted by atomic mass is 9.93. The molecule has 1 aromatic carbocycles. The molecule has 0 amide bonds. The van der Waals surface area contributed by atoms with Gasteiger partial charge in [-0.15, -0.1) is 0 Å². The second-order valence-corrected chi connectivity index (χ2v) is 4.51. The van der Waals surface area contributed by atoms with Crippen LogP contribution in [0.15, 0.2) is 28.8 Å². The van der Waals surface area contributed by atoms with Crippen molar-refractivity contribution in [3.63, 3.8) is 0 Å². The Morgan fingerprint density at radius 3 is 3.00 bits per heavy atom. The molecule has 0 bridgehead atoms. The fourth-order valence-electron chi connectivity index (χ4n) is 2.17. The van der Waals surface area contributed by atoms with Gasteiger partial charge in [0.2, 0.25) is 5.89 Å². The fraction of sp³-hybridized carbons (Fsp3) is 0.385. The highest BCUT2D eigenvalue weighted by Gasteiger charge is 2.27. The lowest BCUT2D eigenvalue weighted by molar-refractivity contribution is 0.256. The Hall–Kier alpha value is -1.88. The zero-order chi connectivity index (χ0) is 12.5. The third kappa shape index (κ3) is 1.86. The molecule has 2 aromatic rings. The molecule has 2 atom stereocenters. The van der Waals surface area contributed by atoms with Crippen molar-refractivity contribution >= 4 is 0 Å². The third-order valence-corrected chi connectivity index (χ3v) is 3.12. The minimum absolute atomic E-state index is 0.106. The van der Waals surface area contributed by atoms with Crippen LogP contribution in [-0.2, 0) is 0 Å². The number of rotatable bonds is 2. The van der Waals surface area contributed by atoms with E-state index in [0.29, 0.717) is 18.3 Å². The molecular formula is C13H15N3O2. The molecule has 1 aliphatic rings. The van der Waals surface area contributed by atoms with Crippen LogP contribution >= 0.6 is 0 Å². The van der Waals surface area contributed by atoms with Gasteiger partial charge in [0.05, 0.1) is 18.6 Å². The number of aromatic nitrogens is 2. The number of para-hydroxylation sites is 1. The van der Waals surface area contributed by atoms with Gasteiger partial charge < -0.3 is 15.0 Å². The Morgan fingerprint density at radius 2 is 2.22 bits per heavy atom. The maximum Gasteiger partial charge on any atom is 0.234 e. The first-order valence-electron chi connectivity index (χ1n) is 6.06. The van der Waals surface area contributed by atoms with Gasteiger partial charge in [-0.1, -0.05) is 23.4 Å². The summed E-state index contributed by atoms with van der Waals surface area (Å²) in [5, 5.41) is 3.91. The quantitative estimate of drug-likeness (QED) is 0.876. The monoisotopic (exact) mass is 245 g/mol. The van der Waals surface area contributed by atoms with Crippen LogP contribution < -0.4 is 10.5 Å². The summed E-state index contributed by atoms with van der Waals surface area (Å²) in [6.45, 7) is 2.50. The summed E-state index contributed by atoms with van der Waals surface area (Å²) >= 11 is 0. The second-order valence-electron chi connectivity index (χ2n) is 4.51. The van der Waals surface area contributed by atoms with E-state index in [4.69, 9.17) is 15.0 Å². The SMILES string of the molecule is CC(N)c1noc(C2CCOc3ccccc32)n1. The highest BCUT2D eigenvalue weighted by molar-refractivity contribution is 5.40. The summed E-state index contributed by atoms with van der Waals surface area (Å²) in [5.41, 5.74) is 6.84. The maximum absolute atomic E-state index is 5.74. The van der Waals surface area contributed by atoms with Crippen LogP contribution in [0.25, 0.3) is 0 Å². The van der Waals surface area contributed by atoms with Crippen LogP contribution in [0.1, 0.15) is 42.6 Å². The molecule has 1 aromatic heterocycles. The molecule has 0 fully saturated rings. The summed E-state index contributed by atoms with van der Waals surface area (Å²) in [6.07, 6.45) is 0.845. The van der Waals surface area contributed by atoms with E-state index in [1.807, 2.05) is 31.2 Å². The predicted octanol–water partition coefficient (Wildman–Crippen LogP) is 2.00. The number of nitrogens with two attached hydrogens (primary N) is 1. The largest absolute Gasteiger partial charge is 0.493 e. The molecule has 18 heavy (non-hydrogen) atoms. The first-order valence-corrected chi connectivity index (χ1v) is 6.06. The van der Waals surface area contributed by atoms with E-state index in [-0.39, 0.29) is 12.0 Å². The molecule has 1 aliphatic heterocycles. The van der Waals surface area contributed by atoms with Crippen LogP contribution in [0.4, 0.5) is 0 Å². The van der Waals surface area contributed by atoms with Gasteiger partial charge in [0, 0.05) is 5.56 Å². The lowest BCUT2D eigenvalue weighted by Gasteiger charge is -2.22. The molecule has 94 valence electrons. The van der Waals surface area contributed by atoms with Crippen molar-refractivity contribution in [2.45, 2.75) is 25.3 Å². The van der Waals surface area contributed by atoms with E-state index in [1.54, 1.807) is 0 Å². The van der Waals surface area contributed by atoms with Crippen molar-refractivity contribution in [3.8, 4) is 5.75 Å². The zero-order valence-electron chi connectivity index (χ0n) is 10.2. The smallest absolute Gasteiger partial charge is 0.234 e. The molecule has 5 heteroatoms. The number of nitrogens with zero attached hydrogens (tertiary/aromatic N) is 2. The fourth-order valence-corrected chi connectivity index (χ4v) is 2.17. The van der Waals surface area contributed by atoms with Crippen molar-refractivity contribution < 1.29 is 9.26 Å². The average molecular weight is 245 g/mol. The molecular weight excluding hydrogens is 230 g/mol. The van der Waals surface area contributed by atoms with E-state index >= 15 is 0 Å². The van der Waals surface area contributed by atoms with Crippen LogP contribution in [0.5, 0.6) is 5.75 Å². The van der Waals surface area contributed by atoms with Crippen molar-refractivity contribution in [2.75, 3.05) is 6.61 Å². The highest BCUT2D eigenvalue weighted by Crippen LogP contribution is 2.37. The molecule has 5 nitrogen and oxygen atoms in total. The number of benzene rings is 1. The minimum Gasteiger partial charge on any atom is -0.493 e. The first-order chi connectivity index (χ1) is 8.75. The minimum atomic E-state index is -0.211. The first kappa shape index (κ1) is 11.2. The number of hydrogen-bond acceptors (Lipinski definition) is 5. The summed E-state index contributed by atoms with van der Waals surface area (Å²) in [4.78, 5) is 4.37. The zero-order valence-corrected chi connectivity index (χ0v) is 10.2. The highest BCUT2D eigenvalue weighted by atomic mass is 16.5. The maximum atomic E-state index is 5.74. The van der Waals surface area contributed by atoms with E-state index in [0.717, 1.165) is 17.7 Å². The van der Waals surface area contributed by atoms with Crippen LogP contribution in [0, 0.1) is 0 Å². The van der Waals surface area contributed by atoms with E-state index < -0.39 is 0 Å². The predicted molar refractivity (Wildman–Crippen MR) is 65.3 cm³/mol. The van der Waals surface area contributed by atoms with Gasteiger partial charge in [0.1, 0.15) is 5.75 Å². The number of fused-ring (bicyclic) bond motifs is 1. The van der Waals surface area contributed by atoms with E-state index in [2.05, 4.69) is 10.1 Å². The van der Waals surface area contributed by atoms with E-state index in [1.165, 1.54) is 0 Å². The molecule has 0 spiro atoms. The number of hydrogen-bond donors (Lipinski definition) is 1. The summed E-state index contributed by atoms with van der Waals surface area (Å²) in [6, 6.07) is 7.74. The Bertz CT molecular complexity index is 551. The Balaban J connectivity index is 1.97. The molecule has 2 unspecified atom stereocenters. The molecule has 0 radical (unpaired) electrons. The standard InChI is InChI=1S/C13H15N3O2/c1-8(14)12-15-13(18-16-12)10-6-7-17-11-5-3-2-4-9(10)11/h2-5,8,10H,6-7,14H2,1H3. The van der Waals surface area contributed by atoms with Crippen LogP contribution in [0.2, 0.25) is 0 Å². The number of ether oxygens (including phenoxy) is 1.